The van der Waals surface area contributed by atoms with Gasteiger partial charge in [0.1, 0.15) is 0 Å². The number of aryl methyl sites for hydroxylation is 3. The topological polar surface area (TPSA) is 46.9 Å². The minimum Gasteiger partial charge on any atom is -0.352 e. The summed E-state index contributed by atoms with van der Waals surface area (Å²) in [4.78, 5) is 18.8. The summed E-state index contributed by atoms with van der Waals surface area (Å²) in [5.41, 5.74) is 2.95. The molecule has 0 saturated heterocycles. The molecule has 2 heterocycles. The lowest BCUT2D eigenvalue weighted by Crippen LogP contribution is -2.25. The molecule has 0 spiro atoms. The van der Waals surface area contributed by atoms with Crippen LogP contribution in [0.25, 0.3) is 11.0 Å². The molecule has 4 nitrogen and oxygen atoms in total. The Hall–Kier alpha value is -2.14. The highest BCUT2D eigenvalue weighted by molar-refractivity contribution is 7.12. The van der Waals surface area contributed by atoms with Gasteiger partial charge in [0.15, 0.2) is 0 Å². The van der Waals surface area contributed by atoms with E-state index in [1.165, 1.54) is 4.88 Å². The average Bonchev–Trinajstić information content (AvgIpc) is 3.07. The fourth-order valence-corrected chi connectivity index (χ4v) is 3.51. The molecule has 114 valence electrons. The fraction of sp³-hybridized carbons (Fsp3) is 0.294. The number of imidazole rings is 1. The number of rotatable bonds is 5. The van der Waals surface area contributed by atoms with E-state index in [0.29, 0.717) is 6.54 Å². The van der Waals surface area contributed by atoms with Gasteiger partial charge in [-0.3, -0.25) is 4.79 Å². The van der Waals surface area contributed by atoms with Gasteiger partial charge < -0.3 is 9.88 Å². The molecule has 5 heteroatoms. The summed E-state index contributed by atoms with van der Waals surface area (Å²) < 4.78 is 2.13. The Kier molecular flexibility index (Phi) is 4.24. The third kappa shape index (κ3) is 3.04. The van der Waals surface area contributed by atoms with E-state index in [1.807, 2.05) is 44.4 Å². The first kappa shape index (κ1) is 14.8. The molecule has 0 saturated carbocycles. The van der Waals surface area contributed by atoms with Crippen LogP contribution in [-0.4, -0.2) is 22.0 Å². The maximum Gasteiger partial charge on any atom is 0.252 e. The zero-order chi connectivity index (χ0) is 15.5. The SMILES string of the molecule is Cc1cc(C(=O)NCCCn2cnc3ccccc32)c(C)s1. The van der Waals surface area contributed by atoms with E-state index in [4.69, 9.17) is 0 Å². The van der Waals surface area contributed by atoms with Crippen molar-refractivity contribution in [3.05, 3.63) is 52.0 Å². The van der Waals surface area contributed by atoms with Crippen molar-refractivity contribution in [1.82, 2.24) is 14.9 Å². The standard InChI is InChI=1S/C17H19N3OS/c1-12-10-14(13(2)22-12)17(21)18-8-5-9-20-11-19-15-6-3-4-7-16(15)20/h3-4,6-7,10-11H,5,8-9H2,1-2H3,(H,18,21). The summed E-state index contributed by atoms with van der Waals surface area (Å²) in [6.45, 7) is 5.53. The lowest BCUT2D eigenvalue weighted by Gasteiger charge is -2.06. The van der Waals surface area contributed by atoms with Gasteiger partial charge in [0.2, 0.25) is 0 Å². The van der Waals surface area contributed by atoms with E-state index in [-0.39, 0.29) is 5.91 Å². The molecule has 1 aromatic carbocycles. The van der Waals surface area contributed by atoms with Crippen LogP contribution in [0.3, 0.4) is 0 Å². The van der Waals surface area contributed by atoms with Crippen LogP contribution in [0.5, 0.6) is 0 Å². The number of carbonyl (C=O) groups is 1. The van der Waals surface area contributed by atoms with Crippen LogP contribution in [0.2, 0.25) is 0 Å². The van der Waals surface area contributed by atoms with Crippen molar-refractivity contribution in [2.75, 3.05) is 6.54 Å². The number of nitrogens with zero attached hydrogens (tertiary/aromatic N) is 2. The summed E-state index contributed by atoms with van der Waals surface area (Å²) in [5, 5.41) is 3.00. The second-order valence-corrected chi connectivity index (χ2v) is 6.82. The van der Waals surface area contributed by atoms with Crippen LogP contribution in [0.15, 0.2) is 36.7 Å². The molecule has 0 atom stereocenters. The van der Waals surface area contributed by atoms with Gasteiger partial charge in [0.05, 0.1) is 22.9 Å². The Morgan fingerprint density at radius 3 is 2.91 bits per heavy atom. The van der Waals surface area contributed by atoms with Crippen LogP contribution in [-0.2, 0) is 6.54 Å². The number of nitrogens with one attached hydrogen (secondary N) is 1. The monoisotopic (exact) mass is 313 g/mol. The molecule has 3 aromatic rings. The van der Waals surface area contributed by atoms with Gasteiger partial charge in [-0.05, 0) is 38.5 Å². The molecule has 1 amide bonds. The Balaban J connectivity index is 1.53. The third-order valence-electron chi connectivity index (χ3n) is 3.67. The zero-order valence-corrected chi connectivity index (χ0v) is 13.6. The summed E-state index contributed by atoms with van der Waals surface area (Å²) >= 11 is 1.66. The molecule has 0 aliphatic carbocycles. The number of aromatic nitrogens is 2. The number of hydrogen-bond donors (Lipinski definition) is 1. The smallest absolute Gasteiger partial charge is 0.252 e. The molecule has 0 aliphatic rings. The molecule has 0 unspecified atom stereocenters. The first-order valence-electron chi connectivity index (χ1n) is 7.40. The number of para-hydroxylation sites is 2. The predicted octanol–water partition coefficient (Wildman–Crippen LogP) is 3.53. The van der Waals surface area contributed by atoms with Gasteiger partial charge >= 0.3 is 0 Å². The Bertz CT molecular complexity index is 803. The normalized spacial score (nSPS) is 11.0. The second-order valence-electron chi connectivity index (χ2n) is 5.36. The van der Waals surface area contributed by atoms with Crippen molar-refractivity contribution in [3.8, 4) is 0 Å². The van der Waals surface area contributed by atoms with Crippen LogP contribution in [0.4, 0.5) is 0 Å². The molecular weight excluding hydrogens is 294 g/mol. The van der Waals surface area contributed by atoms with Gasteiger partial charge in [0, 0.05) is 22.8 Å². The number of thiophene rings is 1. The molecule has 0 aliphatic heterocycles. The van der Waals surface area contributed by atoms with Gasteiger partial charge in [-0.15, -0.1) is 11.3 Å². The molecule has 0 radical (unpaired) electrons. The third-order valence-corrected chi connectivity index (χ3v) is 4.64. The van der Waals surface area contributed by atoms with Crippen molar-refractivity contribution in [1.29, 1.82) is 0 Å². The minimum absolute atomic E-state index is 0.0253. The van der Waals surface area contributed by atoms with Crippen LogP contribution in [0.1, 0.15) is 26.5 Å². The highest BCUT2D eigenvalue weighted by Crippen LogP contribution is 2.20. The van der Waals surface area contributed by atoms with E-state index in [2.05, 4.69) is 20.9 Å². The Morgan fingerprint density at radius 2 is 2.14 bits per heavy atom. The summed E-state index contributed by atoms with van der Waals surface area (Å²) in [6.07, 6.45) is 2.74. The maximum absolute atomic E-state index is 12.1. The lowest BCUT2D eigenvalue weighted by atomic mass is 10.2. The Morgan fingerprint density at radius 1 is 1.32 bits per heavy atom. The van der Waals surface area contributed by atoms with Crippen LogP contribution < -0.4 is 5.32 Å². The maximum atomic E-state index is 12.1. The number of fused-ring (bicyclic) bond motifs is 1. The number of benzene rings is 1. The van der Waals surface area contributed by atoms with Crippen LogP contribution in [0, 0.1) is 13.8 Å². The van der Waals surface area contributed by atoms with E-state index >= 15 is 0 Å². The number of hydrogen-bond acceptors (Lipinski definition) is 3. The molecule has 2 aromatic heterocycles. The van der Waals surface area contributed by atoms with Gasteiger partial charge in [-0.25, -0.2) is 4.98 Å². The number of carbonyl (C=O) groups excluding carboxylic acids is 1. The highest BCUT2D eigenvalue weighted by Gasteiger charge is 2.11. The summed E-state index contributed by atoms with van der Waals surface area (Å²) in [5.74, 6) is 0.0253. The van der Waals surface area contributed by atoms with E-state index in [1.54, 1.807) is 11.3 Å². The minimum atomic E-state index is 0.0253. The first-order chi connectivity index (χ1) is 10.6. The zero-order valence-electron chi connectivity index (χ0n) is 12.8. The van der Waals surface area contributed by atoms with Crippen molar-refractivity contribution >= 4 is 28.3 Å². The highest BCUT2D eigenvalue weighted by atomic mass is 32.1. The van der Waals surface area contributed by atoms with E-state index < -0.39 is 0 Å². The first-order valence-corrected chi connectivity index (χ1v) is 8.22. The van der Waals surface area contributed by atoms with Gasteiger partial charge in [-0.1, -0.05) is 12.1 Å². The Labute approximate surface area is 133 Å². The van der Waals surface area contributed by atoms with E-state index in [0.717, 1.165) is 34.4 Å². The summed E-state index contributed by atoms with van der Waals surface area (Å²) in [6, 6.07) is 10.0. The van der Waals surface area contributed by atoms with E-state index in [9.17, 15) is 4.79 Å². The lowest BCUT2D eigenvalue weighted by molar-refractivity contribution is 0.0952. The van der Waals surface area contributed by atoms with Crippen molar-refractivity contribution in [2.24, 2.45) is 0 Å². The molecule has 22 heavy (non-hydrogen) atoms. The quantitative estimate of drug-likeness (QED) is 0.732. The van der Waals surface area contributed by atoms with Crippen molar-refractivity contribution < 1.29 is 4.79 Å². The number of amides is 1. The molecular formula is C17H19N3OS. The van der Waals surface area contributed by atoms with Gasteiger partial charge in [0.25, 0.3) is 5.91 Å². The summed E-state index contributed by atoms with van der Waals surface area (Å²) in [7, 11) is 0. The molecule has 0 fully saturated rings. The largest absolute Gasteiger partial charge is 0.352 e. The average molecular weight is 313 g/mol. The second kappa shape index (κ2) is 6.32. The van der Waals surface area contributed by atoms with Crippen molar-refractivity contribution in [3.63, 3.8) is 0 Å². The van der Waals surface area contributed by atoms with Crippen molar-refractivity contribution in [2.45, 2.75) is 26.8 Å². The van der Waals surface area contributed by atoms with Gasteiger partial charge in [-0.2, -0.15) is 0 Å². The molecule has 0 bridgehead atoms. The predicted molar refractivity (Wildman–Crippen MR) is 90.5 cm³/mol. The van der Waals surface area contributed by atoms with Crippen LogP contribution >= 0.6 is 11.3 Å². The molecule has 1 N–H and O–H groups in total. The molecule has 3 rings (SSSR count). The fourth-order valence-electron chi connectivity index (χ4n) is 2.59.